The molecule has 2 saturated carbocycles. The third kappa shape index (κ3) is 3.71. The van der Waals surface area contributed by atoms with Gasteiger partial charge in [0, 0.05) is 5.41 Å². The number of allylic oxidation sites excluding steroid dienone is 2. The third-order valence-corrected chi connectivity index (χ3v) is 12.3. The van der Waals surface area contributed by atoms with Crippen molar-refractivity contribution >= 4 is 5.97 Å². The molecule has 3 N–H and O–H groups in total. The van der Waals surface area contributed by atoms with Crippen molar-refractivity contribution in [3.63, 3.8) is 0 Å². The number of rotatable bonds is 6. The average molecular weight is 487 g/mol. The predicted molar refractivity (Wildman–Crippen MR) is 141 cm³/mol. The second kappa shape index (κ2) is 8.72. The van der Waals surface area contributed by atoms with Crippen molar-refractivity contribution in [3.05, 3.63) is 23.3 Å². The van der Waals surface area contributed by atoms with E-state index >= 15 is 0 Å². The van der Waals surface area contributed by atoms with Gasteiger partial charge in [-0.25, -0.2) is 0 Å². The Kier molecular flexibility index (Phi) is 6.71. The summed E-state index contributed by atoms with van der Waals surface area (Å²) in [7, 11) is 0. The van der Waals surface area contributed by atoms with Crippen LogP contribution in [-0.2, 0) is 4.79 Å². The predicted octanol–water partition coefficient (Wildman–Crippen LogP) is 6.76. The van der Waals surface area contributed by atoms with Crippen molar-refractivity contribution in [3.8, 4) is 0 Å². The van der Waals surface area contributed by atoms with E-state index in [-0.39, 0.29) is 33.7 Å². The number of carbonyl (C=O) groups is 1. The van der Waals surface area contributed by atoms with Gasteiger partial charge in [0.05, 0.1) is 18.1 Å². The number of aliphatic hydroxyl groups is 2. The molecule has 8 atom stereocenters. The van der Waals surface area contributed by atoms with E-state index in [0.29, 0.717) is 24.7 Å². The summed E-state index contributed by atoms with van der Waals surface area (Å²) in [5.74, 6) is -0.415. The molecule has 0 aromatic rings. The van der Waals surface area contributed by atoms with Crippen molar-refractivity contribution in [2.75, 3.05) is 0 Å². The second-order valence-electron chi connectivity index (χ2n) is 14.1. The minimum Gasteiger partial charge on any atom is -0.481 e. The summed E-state index contributed by atoms with van der Waals surface area (Å²) in [5.41, 5.74) is 3.40. The summed E-state index contributed by atoms with van der Waals surface area (Å²) < 4.78 is 0. The molecule has 4 heteroatoms. The van der Waals surface area contributed by atoms with Crippen LogP contribution in [0.25, 0.3) is 0 Å². The molecule has 0 radical (unpaired) electrons. The Hall–Kier alpha value is -1.13. The van der Waals surface area contributed by atoms with E-state index in [4.69, 9.17) is 0 Å². The number of fused-ring (bicyclic) bond motifs is 4. The monoisotopic (exact) mass is 486 g/mol. The molecule has 4 aliphatic carbocycles. The lowest BCUT2D eigenvalue weighted by Crippen LogP contribution is -2.56. The van der Waals surface area contributed by atoms with E-state index in [0.717, 1.165) is 50.5 Å². The first-order chi connectivity index (χ1) is 16.1. The van der Waals surface area contributed by atoms with Crippen molar-refractivity contribution in [2.45, 2.75) is 118 Å². The third-order valence-electron chi connectivity index (χ3n) is 12.3. The van der Waals surface area contributed by atoms with Crippen LogP contribution in [0.1, 0.15) is 106 Å². The second-order valence-corrected chi connectivity index (χ2v) is 14.1. The summed E-state index contributed by atoms with van der Waals surface area (Å²) in [6.07, 6.45) is 6.90. The average Bonchev–Trinajstić information content (AvgIpc) is 2.98. The molecule has 0 aliphatic heterocycles. The Morgan fingerprint density at radius 2 is 1.66 bits per heavy atom. The fourth-order valence-corrected chi connectivity index (χ4v) is 9.49. The van der Waals surface area contributed by atoms with Gasteiger partial charge in [-0.2, -0.15) is 0 Å². The van der Waals surface area contributed by atoms with Crippen LogP contribution in [0.5, 0.6) is 0 Å². The maximum absolute atomic E-state index is 12.6. The minimum atomic E-state index is -0.720. The zero-order valence-electron chi connectivity index (χ0n) is 23.3. The molecule has 0 bridgehead atoms. The highest BCUT2D eigenvalue weighted by Crippen LogP contribution is 2.72. The van der Waals surface area contributed by atoms with Crippen LogP contribution in [0, 0.1) is 45.3 Å². The zero-order valence-corrected chi connectivity index (χ0v) is 23.3. The number of carboxylic acid groups (broad SMARTS) is 1. The fraction of sp³-hybridized carbons (Fsp3) is 0.839. The zero-order chi connectivity index (χ0) is 26.1. The quantitative estimate of drug-likeness (QED) is 0.362. The molecule has 4 aliphatic rings. The number of aliphatic carboxylic acids is 1. The van der Waals surface area contributed by atoms with Crippen LogP contribution in [0.15, 0.2) is 23.3 Å². The molecule has 0 aromatic heterocycles. The first-order valence-corrected chi connectivity index (χ1v) is 14.1. The van der Waals surface area contributed by atoms with E-state index in [1.54, 1.807) is 0 Å². The summed E-state index contributed by atoms with van der Waals surface area (Å²) in [6.45, 7) is 19.9. The van der Waals surface area contributed by atoms with Crippen LogP contribution in [-0.4, -0.2) is 33.5 Å². The van der Waals surface area contributed by atoms with Crippen LogP contribution >= 0.6 is 0 Å². The molecule has 2 fully saturated rings. The topological polar surface area (TPSA) is 77.8 Å². The molecule has 0 saturated heterocycles. The van der Waals surface area contributed by atoms with Gasteiger partial charge in [0.1, 0.15) is 0 Å². The number of hydrogen-bond donors (Lipinski definition) is 3. The van der Waals surface area contributed by atoms with Crippen molar-refractivity contribution in [2.24, 2.45) is 45.3 Å². The Morgan fingerprint density at radius 1 is 1.00 bits per heavy atom. The highest BCUT2D eigenvalue weighted by atomic mass is 16.4. The SMILES string of the molecule is C=C(CC[C@@H](C(=O)O)[C@H]1C[C@@H](O)[C@@]2(C)C3=C(CC[C@]12C)[C@@]1(C)CC[C@H](O)C(C)(C)C1CC3)C(C)C. The number of aliphatic hydroxyl groups excluding tert-OH is 2. The normalized spacial score (nSPS) is 43.4. The molecular weight excluding hydrogens is 436 g/mol. The fourth-order valence-electron chi connectivity index (χ4n) is 9.49. The lowest BCUT2D eigenvalue weighted by molar-refractivity contribution is -0.147. The van der Waals surface area contributed by atoms with E-state index < -0.39 is 18.0 Å². The van der Waals surface area contributed by atoms with Crippen LogP contribution in [0.3, 0.4) is 0 Å². The van der Waals surface area contributed by atoms with Gasteiger partial charge in [-0.3, -0.25) is 4.79 Å². The van der Waals surface area contributed by atoms with Crippen LogP contribution in [0.4, 0.5) is 0 Å². The summed E-state index contributed by atoms with van der Waals surface area (Å²) in [6, 6.07) is 0. The molecule has 4 rings (SSSR count). The summed E-state index contributed by atoms with van der Waals surface area (Å²) >= 11 is 0. The molecule has 198 valence electrons. The summed E-state index contributed by atoms with van der Waals surface area (Å²) in [5, 5.41) is 32.8. The molecule has 35 heavy (non-hydrogen) atoms. The van der Waals surface area contributed by atoms with Gasteiger partial charge in [0.2, 0.25) is 0 Å². The Bertz CT molecular complexity index is 915. The summed E-state index contributed by atoms with van der Waals surface area (Å²) in [4.78, 5) is 12.6. The molecule has 4 nitrogen and oxygen atoms in total. The maximum Gasteiger partial charge on any atom is 0.306 e. The van der Waals surface area contributed by atoms with Crippen molar-refractivity contribution in [1.82, 2.24) is 0 Å². The smallest absolute Gasteiger partial charge is 0.306 e. The van der Waals surface area contributed by atoms with Gasteiger partial charge in [0.25, 0.3) is 0 Å². The Balaban J connectivity index is 1.72. The first kappa shape index (κ1) is 26.9. The van der Waals surface area contributed by atoms with Gasteiger partial charge in [-0.15, -0.1) is 0 Å². The van der Waals surface area contributed by atoms with E-state index in [2.05, 4.69) is 55.0 Å². The van der Waals surface area contributed by atoms with E-state index in [9.17, 15) is 20.1 Å². The molecule has 1 unspecified atom stereocenters. The minimum absolute atomic E-state index is 0.0378. The highest BCUT2D eigenvalue weighted by molar-refractivity contribution is 5.71. The largest absolute Gasteiger partial charge is 0.481 e. The van der Waals surface area contributed by atoms with Gasteiger partial charge >= 0.3 is 5.97 Å². The molecule has 0 amide bonds. The lowest BCUT2D eigenvalue weighted by Gasteiger charge is -2.62. The van der Waals surface area contributed by atoms with E-state index in [1.807, 2.05) is 0 Å². The Labute approximate surface area is 213 Å². The molecule has 0 spiro atoms. The first-order valence-electron chi connectivity index (χ1n) is 14.1. The van der Waals surface area contributed by atoms with Gasteiger partial charge < -0.3 is 15.3 Å². The van der Waals surface area contributed by atoms with Gasteiger partial charge in [-0.05, 0) is 91.8 Å². The number of carboxylic acids is 1. The van der Waals surface area contributed by atoms with Crippen LogP contribution in [0.2, 0.25) is 0 Å². The highest BCUT2D eigenvalue weighted by Gasteiger charge is 2.67. The van der Waals surface area contributed by atoms with E-state index in [1.165, 1.54) is 11.1 Å². The Morgan fingerprint density at radius 3 is 2.26 bits per heavy atom. The van der Waals surface area contributed by atoms with Crippen molar-refractivity contribution < 1.29 is 20.1 Å². The maximum atomic E-state index is 12.6. The number of hydrogen-bond acceptors (Lipinski definition) is 3. The van der Waals surface area contributed by atoms with Gasteiger partial charge in [0.15, 0.2) is 0 Å². The molecule has 0 heterocycles. The lowest BCUT2D eigenvalue weighted by atomic mass is 9.43. The van der Waals surface area contributed by atoms with Gasteiger partial charge in [-0.1, -0.05) is 71.8 Å². The molecular formula is C31H50O4. The van der Waals surface area contributed by atoms with Crippen molar-refractivity contribution in [1.29, 1.82) is 0 Å². The molecule has 0 aromatic carbocycles. The standard InChI is InChI=1S/C31H50O4/c1-18(2)19(3)9-10-20(27(34)35)23-17-26(33)31(8)22-11-12-24-28(4,5)25(32)14-15-29(24,6)21(22)13-16-30(23,31)7/h18,20,23-26,32-33H,3,9-17H2,1-2,4-8H3,(H,34,35)/t20-,23-,24?,25+,26-,29-,30-,31-/m1/s1. The van der Waals surface area contributed by atoms with Crippen LogP contribution < -0.4 is 0 Å².